The number of amides is 1. The van der Waals surface area contributed by atoms with Gasteiger partial charge in [-0.25, -0.2) is 0 Å². The highest BCUT2D eigenvalue weighted by molar-refractivity contribution is 9.10. The number of nitrogens with zero attached hydrogens (tertiary/aromatic N) is 1. The summed E-state index contributed by atoms with van der Waals surface area (Å²) in [6.07, 6.45) is 4.83. The van der Waals surface area contributed by atoms with Crippen molar-refractivity contribution >= 4 is 33.4 Å². The smallest absolute Gasteiger partial charge is 0.253 e. The highest BCUT2D eigenvalue weighted by Gasteiger charge is 2.28. The molecule has 1 saturated carbocycles. The lowest BCUT2D eigenvalue weighted by atomic mass is 9.85. The summed E-state index contributed by atoms with van der Waals surface area (Å²) in [7, 11) is 1.91. The molecule has 2 nitrogen and oxygen atoms in total. The Morgan fingerprint density at radius 1 is 1.37 bits per heavy atom. The predicted octanol–water partition coefficient (Wildman–Crippen LogP) is 4.75. The molecule has 4 heteroatoms. The van der Waals surface area contributed by atoms with Crippen molar-refractivity contribution in [2.75, 3.05) is 7.05 Å². The second-order valence-corrected chi connectivity index (χ2v) is 6.64. The van der Waals surface area contributed by atoms with Crippen molar-refractivity contribution in [3.8, 4) is 0 Å². The molecule has 1 aliphatic rings. The van der Waals surface area contributed by atoms with Gasteiger partial charge in [0.25, 0.3) is 5.91 Å². The molecule has 1 amide bonds. The molecule has 0 spiro atoms. The number of hydrogen-bond acceptors (Lipinski definition) is 1. The summed E-state index contributed by atoms with van der Waals surface area (Å²) < 4.78 is 0.769. The van der Waals surface area contributed by atoms with Crippen LogP contribution in [-0.2, 0) is 0 Å². The van der Waals surface area contributed by atoms with Crippen LogP contribution in [0.4, 0.5) is 0 Å². The quantitative estimate of drug-likeness (QED) is 0.758. The first kappa shape index (κ1) is 14.9. The lowest BCUT2D eigenvalue weighted by Crippen LogP contribution is -2.42. The Morgan fingerprint density at radius 3 is 2.68 bits per heavy atom. The van der Waals surface area contributed by atoms with E-state index in [0.29, 0.717) is 22.5 Å². The molecule has 104 valence electrons. The van der Waals surface area contributed by atoms with Crippen LogP contribution in [0.3, 0.4) is 0 Å². The minimum absolute atomic E-state index is 0.0797. The summed E-state index contributed by atoms with van der Waals surface area (Å²) in [4.78, 5) is 14.4. The highest BCUT2D eigenvalue weighted by Crippen LogP contribution is 2.29. The van der Waals surface area contributed by atoms with Gasteiger partial charge in [0.05, 0.1) is 5.02 Å². The molecule has 2 atom stereocenters. The Bertz CT molecular complexity index is 477. The molecule has 1 aromatic carbocycles. The third-order valence-electron chi connectivity index (χ3n) is 4.05. The maximum absolute atomic E-state index is 12.5. The number of rotatable bonds is 2. The van der Waals surface area contributed by atoms with Gasteiger partial charge in [-0.15, -0.1) is 0 Å². The topological polar surface area (TPSA) is 20.3 Å². The van der Waals surface area contributed by atoms with Crippen molar-refractivity contribution in [1.29, 1.82) is 0 Å². The number of carbonyl (C=O) groups is 1. The van der Waals surface area contributed by atoms with Crippen molar-refractivity contribution in [3.63, 3.8) is 0 Å². The molecule has 0 heterocycles. The van der Waals surface area contributed by atoms with Crippen LogP contribution >= 0.6 is 27.5 Å². The van der Waals surface area contributed by atoms with Gasteiger partial charge < -0.3 is 4.90 Å². The van der Waals surface area contributed by atoms with E-state index in [1.54, 1.807) is 18.2 Å². The molecule has 0 saturated heterocycles. The van der Waals surface area contributed by atoms with Gasteiger partial charge in [0.15, 0.2) is 0 Å². The average Bonchev–Trinajstić information content (AvgIpc) is 2.41. The zero-order valence-electron chi connectivity index (χ0n) is 11.3. The van der Waals surface area contributed by atoms with Gasteiger partial charge >= 0.3 is 0 Å². The van der Waals surface area contributed by atoms with E-state index in [1.807, 2.05) is 11.9 Å². The minimum atomic E-state index is 0.0797. The van der Waals surface area contributed by atoms with E-state index >= 15 is 0 Å². The highest BCUT2D eigenvalue weighted by atomic mass is 79.9. The normalized spacial score (nSPS) is 23.2. The van der Waals surface area contributed by atoms with Gasteiger partial charge in [0.2, 0.25) is 0 Å². The van der Waals surface area contributed by atoms with Crippen LogP contribution in [0.2, 0.25) is 5.02 Å². The molecular weight excluding hydrogens is 326 g/mol. The molecule has 2 unspecified atom stereocenters. The summed E-state index contributed by atoms with van der Waals surface area (Å²) in [5.74, 6) is 0.662. The molecule has 0 radical (unpaired) electrons. The fourth-order valence-corrected chi connectivity index (χ4v) is 3.35. The van der Waals surface area contributed by atoms with E-state index in [-0.39, 0.29) is 5.91 Å². The van der Waals surface area contributed by atoms with Crippen LogP contribution in [0.15, 0.2) is 22.7 Å². The molecule has 0 N–H and O–H groups in total. The van der Waals surface area contributed by atoms with E-state index in [1.165, 1.54) is 19.3 Å². The maximum Gasteiger partial charge on any atom is 0.253 e. The molecule has 19 heavy (non-hydrogen) atoms. The zero-order chi connectivity index (χ0) is 14.0. The Hall–Kier alpha value is -0.540. The van der Waals surface area contributed by atoms with Crippen LogP contribution in [0.1, 0.15) is 43.0 Å². The second-order valence-electron chi connectivity index (χ2n) is 5.37. The molecular formula is C15H19BrClNO. The molecule has 0 aromatic heterocycles. The first-order valence-electron chi connectivity index (χ1n) is 6.73. The van der Waals surface area contributed by atoms with Gasteiger partial charge in [-0.2, -0.15) is 0 Å². The van der Waals surface area contributed by atoms with Crippen molar-refractivity contribution in [3.05, 3.63) is 33.3 Å². The Balaban J connectivity index is 2.15. The second kappa shape index (κ2) is 6.27. The first-order valence-corrected chi connectivity index (χ1v) is 7.90. The SMILES string of the molecule is CC1CCCCC1N(C)C(=O)c1ccc(Cl)c(Br)c1. The number of benzene rings is 1. The Labute approximate surface area is 128 Å². The minimum Gasteiger partial charge on any atom is -0.338 e. The van der Waals surface area contributed by atoms with Crippen molar-refractivity contribution in [2.24, 2.45) is 5.92 Å². The largest absolute Gasteiger partial charge is 0.338 e. The molecule has 0 bridgehead atoms. The number of halogens is 2. The molecule has 2 rings (SSSR count). The van der Waals surface area contributed by atoms with Crippen LogP contribution in [-0.4, -0.2) is 23.9 Å². The first-order chi connectivity index (χ1) is 9.00. The number of carbonyl (C=O) groups excluding carboxylic acids is 1. The Kier molecular flexibility index (Phi) is 4.91. The molecule has 1 aliphatic carbocycles. The van der Waals surface area contributed by atoms with Gasteiger partial charge in [-0.1, -0.05) is 31.4 Å². The van der Waals surface area contributed by atoms with Gasteiger partial charge in [-0.3, -0.25) is 4.79 Å². The fraction of sp³-hybridized carbons (Fsp3) is 0.533. The molecule has 1 aromatic rings. The lowest BCUT2D eigenvalue weighted by molar-refractivity contribution is 0.0629. The van der Waals surface area contributed by atoms with Crippen molar-refractivity contribution in [2.45, 2.75) is 38.6 Å². The van der Waals surface area contributed by atoms with E-state index in [2.05, 4.69) is 22.9 Å². The predicted molar refractivity (Wildman–Crippen MR) is 82.7 cm³/mol. The van der Waals surface area contributed by atoms with Gasteiger partial charge in [-0.05, 0) is 52.9 Å². The van der Waals surface area contributed by atoms with Crippen molar-refractivity contribution < 1.29 is 4.79 Å². The van der Waals surface area contributed by atoms with Crippen LogP contribution in [0.25, 0.3) is 0 Å². The third-order valence-corrected chi connectivity index (χ3v) is 5.26. The Morgan fingerprint density at radius 2 is 2.05 bits per heavy atom. The average molecular weight is 345 g/mol. The molecule has 0 aliphatic heterocycles. The fourth-order valence-electron chi connectivity index (χ4n) is 2.86. The maximum atomic E-state index is 12.5. The summed E-state index contributed by atoms with van der Waals surface area (Å²) >= 11 is 9.33. The van der Waals surface area contributed by atoms with E-state index in [0.717, 1.165) is 10.9 Å². The summed E-state index contributed by atoms with van der Waals surface area (Å²) in [5.41, 5.74) is 0.691. The zero-order valence-corrected chi connectivity index (χ0v) is 13.7. The van der Waals surface area contributed by atoms with Gasteiger partial charge in [0, 0.05) is 23.1 Å². The summed E-state index contributed by atoms with van der Waals surface area (Å²) in [6.45, 7) is 2.24. The standard InChI is InChI=1S/C15H19BrClNO/c1-10-5-3-4-6-14(10)18(2)15(19)11-7-8-13(17)12(16)9-11/h7-10,14H,3-6H2,1-2H3. The van der Waals surface area contributed by atoms with Crippen LogP contribution < -0.4 is 0 Å². The summed E-state index contributed by atoms with van der Waals surface area (Å²) in [5, 5.41) is 0.630. The van der Waals surface area contributed by atoms with Crippen LogP contribution in [0.5, 0.6) is 0 Å². The van der Waals surface area contributed by atoms with Crippen molar-refractivity contribution in [1.82, 2.24) is 4.90 Å². The molecule has 1 fully saturated rings. The van der Waals surface area contributed by atoms with Gasteiger partial charge in [0.1, 0.15) is 0 Å². The van der Waals surface area contributed by atoms with Crippen LogP contribution in [0, 0.1) is 5.92 Å². The third kappa shape index (κ3) is 3.32. The monoisotopic (exact) mass is 343 g/mol. The lowest BCUT2D eigenvalue weighted by Gasteiger charge is -2.36. The van der Waals surface area contributed by atoms with E-state index in [9.17, 15) is 4.79 Å². The number of hydrogen-bond donors (Lipinski definition) is 0. The van der Waals surface area contributed by atoms with E-state index < -0.39 is 0 Å². The van der Waals surface area contributed by atoms with E-state index in [4.69, 9.17) is 11.6 Å². The summed E-state index contributed by atoms with van der Waals surface area (Å²) in [6, 6.07) is 5.71.